The summed E-state index contributed by atoms with van der Waals surface area (Å²) in [5.74, 6) is 0.736. The molecule has 3 rings (SSSR count). The fraction of sp³-hybridized carbons (Fsp3) is 0.188. The third kappa shape index (κ3) is 1.80. The Morgan fingerprint density at radius 2 is 2.00 bits per heavy atom. The second-order valence-electron chi connectivity index (χ2n) is 4.63. The van der Waals surface area contributed by atoms with Gasteiger partial charge in [-0.15, -0.1) is 0 Å². The highest BCUT2D eigenvalue weighted by atomic mass is 16.5. The van der Waals surface area contributed by atoms with Gasteiger partial charge in [-0.2, -0.15) is 0 Å². The van der Waals surface area contributed by atoms with Gasteiger partial charge in [-0.1, -0.05) is 48.6 Å². The maximum Gasteiger partial charge on any atom is 0.217 e. The molecule has 0 aromatic heterocycles. The first kappa shape index (κ1) is 11.0. The lowest BCUT2D eigenvalue weighted by Crippen LogP contribution is -2.06. The molecule has 2 aromatic carbocycles. The normalized spacial score (nSPS) is 18.5. The average Bonchev–Trinajstić information content (AvgIpc) is 2.87. The lowest BCUT2D eigenvalue weighted by atomic mass is 10.0. The fourth-order valence-electron chi connectivity index (χ4n) is 2.19. The van der Waals surface area contributed by atoms with Crippen molar-refractivity contribution in [2.45, 2.75) is 13.0 Å². The Morgan fingerprint density at radius 1 is 1.22 bits per heavy atom. The van der Waals surface area contributed by atoms with Crippen LogP contribution in [0.3, 0.4) is 0 Å². The summed E-state index contributed by atoms with van der Waals surface area (Å²) in [6, 6.07) is 14.6. The van der Waals surface area contributed by atoms with Crippen LogP contribution in [-0.4, -0.2) is 18.5 Å². The highest BCUT2D eigenvalue weighted by molar-refractivity contribution is 6.07. The molecular formula is C16H15NO. The molecule has 18 heavy (non-hydrogen) atoms. The van der Waals surface area contributed by atoms with E-state index in [0.717, 1.165) is 17.0 Å². The average molecular weight is 237 g/mol. The van der Waals surface area contributed by atoms with Gasteiger partial charge >= 0.3 is 0 Å². The Balaban J connectivity index is 2.11. The van der Waals surface area contributed by atoms with Gasteiger partial charge in [0.1, 0.15) is 12.6 Å². The Morgan fingerprint density at radius 3 is 2.78 bits per heavy atom. The standard InChI is InChI=1S/C16H15NO/c1-11(2)15-10-18-16(17-15)14-9-5-7-12-6-3-4-8-13(12)14/h3-9,15H,1,10H2,2H3/t15-/m0/s1. The van der Waals surface area contributed by atoms with Crippen molar-refractivity contribution in [2.75, 3.05) is 6.61 Å². The molecule has 1 aliphatic rings. The Labute approximate surface area is 107 Å². The van der Waals surface area contributed by atoms with Crippen LogP contribution in [-0.2, 0) is 4.74 Å². The van der Waals surface area contributed by atoms with E-state index in [9.17, 15) is 0 Å². The van der Waals surface area contributed by atoms with Crippen LogP contribution in [0.1, 0.15) is 12.5 Å². The fourth-order valence-corrected chi connectivity index (χ4v) is 2.19. The lowest BCUT2D eigenvalue weighted by molar-refractivity contribution is 0.329. The summed E-state index contributed by atoms with van der Waals surface area (Å²) in [7, 11) is 0. The van der Waals surface area contributed by atoms with E-state index in [0.29, 0.717) is 6.61 Å². The van der Waals surface area contributed by atoms with Crippen LogP contribution in [0.4, 0.5) is 0 Å². The van der Waals surface area contributed by atoms with Crippen molar-refractivity contribution in [1.29, 1.82) is 0 Å². The minimum atomic E-state index is 0.0963. The zero-order valence-electron chi connectivity index (χ0n) is 10.4. The SMILES string of the molecule is C=C(C)[C@@H]1COC(c2cccc3ccccc23)=N1. The second-order valence-corrected chi connectivity index (χ2v) is 4.63. The van der Waals surface area contributed by atoms with Gasteiger partial charge in [0.2, 0.25) is 5.90 Å². The Kier molecular flexibility index (Phi) is 2.63. The van der Waals surface area contributed by atoms with E-state index in [1.807, 2.05) is 25.1 Å². The first-order valence-corrected chi connectivity index (χ1v) is 6.10. The third-order valence-corrected chi connectivity index (χ3v) is 3.24. The molecule has 2 heteroatoms. The molecule has 0 saturated carbocycles. The first-order chi connectivity index (χ1) is 8.75. The zero-order chi connectivity index (χ0) is 12.5. The molecule has 0 radical (unpaired) electrons. The van der Waals surface area contributed by atoms with E-state index in [2.05, 4.69) is 35.8 Å². The summed E-state index contributed by atoms with van der Waals surface area (Å²) in [6.07, 6.45) is 0. The highest BCUT2D eigenvalue weighted by Crippen LogP contribution is 2.23. The van der Waals surface area contributed by atoms with Crippen LogP contribution >= 0.6 is 0 Å². The molecule has 1 heterocycles. The van der Waals surface area contributed by atoms with Crippen LogP contribution in [0, 0.1) is 0 Å². The number of benzene rings is 2. The van der Waals surface area contributed by atoms with Crippen LogP contribution in [0.15, 0.2) is 59.6 Å². The van der Waals surface area contributed by atoms with Gasteiger partial charge in [-0.05, 0) is 23.8 Å². The Bertz CT molecular complexity index is 637. The summed E-state index contributed by atoms with van der Waals surface area (Å²) in [4.78, 5) is 4.60. The molecule has 0 N–H and O–H groups in total. The molecule has 2 nitrogen and oxygen atoms in total. The van der Waals surface area contributed by atoms with Crippen molar-refractivity contribution < 1.29 is 4.74 Å². The maximum absolute atomic E-state index is 5.71. The zero-order valence-corrected chi connectivity index (χ0v) is 10.4. The molecule has 0 amide bonds. The van der Waals surface area contributed by atoms with Crippen molar-refractivity contribution >= 4 is 16.7 Å². The van der Waals surface area contributed by atoms with Crippen molar-refractivity contribution in [3.63, 3.8) is 0 Å². The second kappa shape index (κ2) is 4.30. The highest BCUT2D eigenvalue weighted by Gasteiger charge is 2.21. The molecule has 90 valence electrons. The van der Waals surface area contributed by atoms with Gasteiger partial charge in [0, 0.05) is 5.56 Å². The number of hydrogen-bond acceptors (Lipinski definition) is 2. The predicted molar refractivity (Wildman–Crippen MR) is 75.0 cm³/mol. The van der Waals surface area contributed by atoms with Gasteiger partial charge in [0.25, 0.3) is 0 Å². The Hall–Kier alpha value is -2.09. The molecule has 0 bridgehead atoms. The van der Waals surface area contributed by atoms with Crippen molar-refractivity contribution in [3.05, 3.63) is 60.2 Å². The van der Waals surface area contributed by atoms with Crippen molar-refractivity contribution in [2.24, 2.45) is 4.99 Å². The van der Waals surface area contributed by atoms with E-state index < -0.39 is 0 Å². The van der Waals surface area contributed by atoms with E-state index >= 15 is 0 Å². The quantitative estimate of drug-likeness (QED) is 0.732. The molecule has 0 unspecified atom stereocenters. The first-order valence-electron chi connectivity index (χ1n) is 6.10. The summed E-state index contributed by atoms with van der Waals surface area (Å²) in [6.45, 7) is 6.54. The predicted octanol–water partition coefficient (Wildman–Crippen LogP) is 3.56. The molecular weight excluding hydrogens is 222 g/mol. The van der Waals surface area contributed by atoms with Gasteiger partial charge < -0.3 is 4.74 Å². The largest absolute Gasteiger partial charge is 0.475 e. The number of aliphatic imine (C=N–C) groups is 1. The van der Waals surface area contributed by atoms with E-state index in [4.69, 9.17) is 4.74 Å². The molecule has 0 saturated heterocycles. The van der Waals surface area contributed by atoms with Crippen molar-refractivity contribution in [1.82, 2.24) is 0 Å². The topological polar surface area (TPSA) is 21.6 Å². The summed E-state index contributed by atoms with van der Waals surface area (Å²) >= 11 is 0. The third-order valence-electron chi connectivity index (χ3n) is 3.24. The number of hydrogen-bond donors (Lipinski definition) is 0. The lowest BCUT2D eigenvalue weighted by Gasteiger charge is -2.05. The van der Waals surface area contributed by atoms with Gasteiger partial charge in [-0.25, -0.2) is 4.99 Å². The number of fused-ring (bicyclic) bond motifs is 1. The van der Waals surface area contributed by atoms with Crippen LogP contribution in [0.2, 0.25) is 0 Å². The van der Waals surface area contributed by atoms with Crippen LogP contribution in [0.5, 0.6) is 0 Å². The van der Waals surface area contributed by atoms with E-state index in [1.165, 1.54) is 10.8 Å². The molecule has 0 aliphatic carbocycles. The summed E-state index contributed by atoms with van der Waals surface area (Å²) in [5, 5.41) is 2.39. The number of rotatable bonds is 2. The molecule has 1 atom stereocenters. The summed E-state index contributed by atoms with van der Waals surface area (Å²) in [5.41, 5.74) is 2.11. The van der Waals surface area contributed by atoms with Gasteiger partial charge in [0.15, 0.2) is 0 Å². The van der Waals surface area contributed by atoms with E-state index in [-0.39, 0.29) is 6.04 Å². The smallest absolute Gasteiger partial charge is 0.217 e. The molecule has 2 aromatic rings. The monoisotopic (exact) mass is 237 g/mol. The van der Waals surface area contributed by atoms with Crippen molar-refractivity contribution in [3.8, 4) is 0 Å². The molecule has 0 fully saturated rings. The molecule has 0 spiro atoms. The van der Waals surface area contributed by atoms with E-state index in [1.54, 1.807) is 0 Å². The van der Waals surface area contributed by atoms with Crippen LogP contribution in [0.25, 0.3) is 10.8 Å². The number of ether oxygens (including phenoxy) is 1. The minimum Gasteiger partial charge on any atom is -0.475 e. The maximum atomic E-state index is 5.71. The van der Waals surface area contributed by atoms with Gasteiger partial charge in [0.05, 0.1) is 0 Å². The summed E-state index contributed by atoms with van der Waals surface area (Å²) < 4.78 is 5.71. The minimum absolute atomic E-state index is 0.0963. The number of nitrogens with zero attached hydrogens (tertiary/aromatic N) is 1. The molecule has 1 aliphatic heterocycles. The van der Waals surface area contributed by atoms with Gasteiger partial charge in [-0.3, -0.25) is 0 Å². The van der Waals surface area contributed by atoms with Crippen LogP contribution < -0.4 is 0 Å².